The molecule has 2 aromatic heterocycles. The van der Waals surface area contributed by atoms with Crippen molar-refractivity contribution in [2.24, 2.45) is 0 Å². The fraction of sp³-hybridized carbons (Fsp3) is 0.217. The molecule has 0 aliphatic carbocycles. The number of nitrogens with zero attached hydrogens (tertiary/aromatic N) is 2. The molecule has 0 radical (unpaired) electrons. The lowest BCUT2D eigenvalue weighted by molar-refractivity contribution is 0.415. The molecule has 0 aliphatic heterocycles. The first-order valence-corrected chi connectivity index (χ1v) is 9.64. The molecule has 2 heterocycles. The van der Waals surface area contributed by atoms with Gasteiger partial charge in [0.25, 0.3) is 0 Å². The second-order valence-corrected chi connectivity index (χ2v) is 6.31. The Morgan fingerprint density at radius 3 is 2.34 bits per heavy atom. The van der Waals surface area contributed by atoms with Crippen molar-refractivity contribution in [3.05, 3.63) is 72.3 Å². The van der Waals surface area contributed by atoms with E-state index in [1.807, 2.05) is 51.1 Å². The van der Waals surface area contributed by atoms with E-state index in [2.05, 4.69) is 20.3 Å². The van der Waals surface area contributed by atoms with E-state index in [4.69, 9.17) is 4.74 Å². The number of aromatic nitrogens is 3. The van der Waals surface area contributed by atoms with Crippen LogP contribution in [0.4, 0.5) is 10.2 Å². The molecule has 29 heavy (non-hydrogen) atoms. The predicted molar refractivity (Wildman–Crippen MR) is 116 cm³/mol. The summed E-state index contributed by atoms with van der Waals surface area (Å²) >= 11 is 0. The van der Waals surface area contributed by atoms with E-state index in [9.17, 15) is 4.39 Å². The third-order valence-corrected chi connectivity index (χ3v) is 4.55. The molecule has 0 spiro atoms. The zero-order valence-electron chi connectivity index (χ0n) is 17.0. The normalized spacial score (nSPS) is 11.5. The number of anilines is 1. The van der Waals surface area contributed by atoms with Crippen molar-refractivity contribution < 1.29 is 9.13 Å². The number of hydrogen-bond acceptors (Lipinski definition) is 4. The van der Waals surface area contributed by atoms with Gasteiger partial charge in [-0.3, -0.25) is 0 Å². The van der Waals surface area contributed by atoms with Crippen LogP contribution in [0.3, 0.4) is 0 Å². The summed E-state index contributed by atoms with van der Waals surface area (Å²) in [6.07, 6.45) is 1.52. The van der Waals surface area contributed by atoms with Gasteiger partial charge in [-0.1, -0.05) is 26.0 Å². The molecule has 2 aromatic carbocycles. The Hall–Kier alpha value is -3.41. The summed E-state index contributed by atoms with van der Waals surface area (Å²) in [4.78, 5) is 12.0. The van der Waals surface area contributed by atoms with Gasteiger partial charge in [-0.05, 0) is 60.5 Å². The van der Waals surface area contributed by atoms with Crippen LogP contribution in [0.15, 0.2) is 60.9 Å². The maximum atomic E-state index is 13.1. The van der Waals surface area contributed by atoms with Crippen LogP contribution in [0, 0.1) is 5.82 Å². The zero-order valence-corrected chi connectivity index (χ0v) is 17.0. The SMILES string of the molecule is CC.COc1ccc(-c2cc3c(N[C@H](C)c4ccc(F)cc4)ncnc3[nH]2)cc1. The number of H-pyrrole nitrogens is 1. The molecule has 0 amide bonds. The average molecular weight is 392 g/mol. The number of aromatic amines is 1. The molecular formula is C23H25FN4O. The lowest BCUT2D eigenvalue weighted by Crippen LogP contribution is -2.08. The smallest absolute Gasteiger partial charge is 0.143 e. The second-order valence-electron chi connectivity index (χ2n) is 6.31. The summed E-state index contributed by atoms with van der Waals surface area (Å²) in [6.45, 7) is 6.01. The number of hydrogen-bond donors (Lipinski definition) is 2. The quantitative estimate of drug-likeness (QED) is 0.439. The van der Waals surface area contributed by atoms with Crippen LogP contribution >= 0.6 is 0 Å². The van der Waals surface area contributed by atoms with E-state index in [1.165, 1.54) is 18.5 Å². The number of methoxy groups -OCH3 is 1. The highest BCUT2D eigenvalue weighted by Crippen LogP contribution is 2.29. The largest absolute Gasteiger partial charge is 0.497 e. The van der Waals surface area contributed by atoms with Crippen LogP contribution in [0.5, 0.6) is 5.75 Å². The maximum absolute atomic E-state index is 13.1. The highest BCUT2D eigenvalue weighted by Gasteiger charge is 2.12. The third kappa shape index (κ3) is 4.54. The van der Waals surface area contributed by atoms with Crippen molar-refractivity contribution in [1.29, 1.82) is 0 Å². The number of fused-ring (bicyclic) bond motifs is 1. The summed E-state index contributed by atoms with van der Waals surface area (Å²) in [6, 6.07) is 16.3. The molecule has 1 atom stereocenters. The maximum Gasteiger partial charge on any atom is 0.143 e. The van der Waals surface area contributed by atoms with E-state index < -0.39 is 0 Å². The highest BCUT2D eigenvalue weighted by molar-refractivity contribution is 5.91. The molecule has 6 heteroatoms. The fourth-order valence-corrected chi connectivity index (χ4v) is 3.02. The molecule has 0 saturated heterocycles. The van der Waals surface area contributed by atoms with Gasteiger partial charge in [0.2, 0.25) is 0 Å². The van der Waals surface area contributed by atoms with Gasteiger partial charge in [-0.2, -0.15) is 0 Å². The minimum atomic E-state index is -0.245. The Labute approximate surface area is 170 Å². The van der Waals surface area contributed by atoms with Gasteiger partial charge in [0.1, 0.15) is 29.4 Å². The molecule has 0 fully saturated rings. The van der Waals surface area contributed by atoms with E-state index in [0.29, 0.717) is 0 Å². The lowest BCUT2D eigenvalue weighted by atomic mass is 10.1. The lowest BCUT2D eigenvalue weighted by Gasteiger charge is -2.15. The number of rotatable bonds is 5. The molecule has 0 bridgehead atoms. The van der Waals surface area contributed by atoms with Gasteiger partial charge in [-0.25, -0.2) is 14.4 Å². The van der Waals surface area contributed by atoms with Crippen LogP contribution in [0.2, 0.25) is 0 Å². The summed E-state index contributed by atoms with van der Waals surface area (Å²) in [5, 5.41) is 4.29. The van der Waals surface area contributed by atoms with E-state index >= 15 is 0 Å². The van der Waals surface area contributed by atoms with E-state index in [0.717, 1.165) is 39.4 Å². The van der Waals surface area contributed by atoms with Crippen LogP contribution < -0.4 is 10.1 Å². The van der Waals surface area contributed by atoms with Gasteiger partial charge < -0.3 is 15.0 Å². The first-order chi connectivity index (χ1) is 14.1. The summed E-state index contributed by atoms with van der Waals surface area (Å²) in [5.74, 6) is 1.29. The van der Waals surface area contributed by atoms with Gasteiger partial charge in [0, 0.05) is 11.7 Å². The average Bonchev–Trinajstić information content (AvgIpc) is 3.21. The molecule has 4 rings (SSSR count). The Bertz CT molecular complexity index is 1060. The topological polar surface area (TPSA) is 62.8 Å². The number of halogens is 1. The number of benzene rings is 2. The zero-order chi connectivity index (χ0) is 20.8. The van der Waals surface area contributed by atoms with Gasteiger partial charge >= 0.3 is 0 Å². The van der Waals surface area contributed by atoms with Gasteiger partial charge in [0.15, 0.2) is 0 Å². The van der Waals surface area contributed by atoms with E-state index in [-0.39, 0.29) is 11.9 Å². The van der Waals surface area contributed by atoms with E-state index in [1.54, 1.807) is 19.2 Å². The summed E-state index contributed by atoms with van der Waals surface area (Å²) in [5.41, 5.74) is 3.72. The Balaban J connectivity index is 0.00000117. The number of nitrogens with one attached hydrogen (secondary N) is 2. The monoisotopic (exact) mass is 392 g/mol. The van der Waals surface area contributed by atoms with Crippen molar-refractivity contribution >= 4 is 16.9 Å². The predicted octanol–water partition coefficient (Wildman–Crippen LogP) is 5.97. The summed E-state index contributed by atoms with van der Waals surface area (Å²) < 4.78 is 18.4. The summed E-state index contributed by atoms with van der Waals surface area (Å²) in [7, 11) is 1.65. The minimum absolute atomic E-state index is 0.0250. The molecule has 0 saturated carbocycles. The fourth-order valence-electron chi connectivity index (χ4n) is 3.02. The Morgan fingerprint density at radius 1 is 1.00 bits per heavy atom. The number of ether oxygens (including phenoxy) is 1. The standard InChI is InChI=1S/C21H19FN4O.C2H6/c1-13(14-3-7-16(22)8-4-14)25-20-18-11-19(26-21(18)24-12-23-20)15-5-9-17(27-2)10-6-15;1-2/h3-13H,1-2H3,(H2,23,24,25,26);1-2H3/t13-;/m1./s1. The van der Waals surface area contributed by atoms with Crippen LogP contribution in [-0.4, -0.2) is 22.1 Å². The molecule has 2 N–H and O–H groups in total. The van der Waals surface area contributed by atoms with Crippen LogP contribution in [0.1, 0.15) is 32.4 Å². The van der Waals surface area contributed by atoms with Crippen molar-refractivity contribution in [3.8, 4) is 17.0 Å². The first-order valence-electron chi connectivity index (χ1n) is 9.64. The van der Waals surface area contributed by atoms with Crippen molar-refractivity contribution in [2.75, 3.05) is 12.4 Å². The molecule has 4 aromatic rings. The van der Waals surface area contributed by atoms with Crippen molar-refractivity contribution in [1.82, 2.24) is 15.0 Å². The molecular weight excluding hydrogens is 367 g/mol. The second kappa shape index (κ2) is 9.19. The Morgan fingerprint density at radius 2 is 1.69 bits per heavy atom. The minimum Gasteiger partial charge on any atom is -0.497 e. The third-order valence-electron chi connectivity index (χ3n) is 4.55. The van der Waals surface area contributed by atoms with Crippen molar-refractivity contribution in [3.63, 3.8) is 0 Å². The molecule has 5 nitrogen and oxygen atoms in total. The van der Waals surface area contributed by atoms with Crippen molar-refractivity contribution in [2.45, 2.75) is 26.8 Å². The molecule has 0 unspecified atom stereocenters. The molecule has 150 valence electrons. The first kappa shape index (κ1) is 20.3. The van der Waals surface area contributed by atoms with Crippen LogP contribution in [-0.2, 0) is 0 Å². The van der Waals surface area contributed by atoms with Gasteiger partial charge in [-0.15, -0.1) is 0 Å². The van der Waals surface area contributed by atoms with Gasteiger partial charge in [0.05, 0.1) is 12.5 Å². The molecule has 0 aliphatic rings. The van der Waals surface area contributed by atoms with Crippen LogP contribution in [0.25, 0.3) is 22.3 Å². The Kier molecular flexibility index (Phi) is 6.44. The highest BCUT2D eigenvalue weighted by atomic mass is 19.1.